The molecule has 3 aliphatic rings. The van der Waals surface area contributed by atoms with E-state index in [9.17, 15) is 4.79 Å². The van der Waals surface area contributed by atoms with E-state index in [0.717, 1.165) is 25.6 Å². The standard InChI is InChI=1S/C13H22N2O/c1-9(10-4-5-10)13(16)15-7-11-3-2-6-14-12(11)8-15/h9-12,14H,2-8H2,1H3/t9?,11-,12+/m0/s1. The first-order chi connectivity index (χ1) is 7.75. The van der Waals surface area contributed by atoms with Crippen molar-refractivity contribution in [1.82, 2.24) is 10.2 Å². The maximum atomic E-state index is 12.3. The van der Waals surface area contributed by atoms with Crippen LogP contribution in [0.15, 0.2) is 0 Å². The highest BCUT2D eigenvalue weighted by Gasteiger charge is 2.40. The van der Waals surface area contributed by atoms with Crippen molar-refractivity contribution in [3.8, 4) is 0 Å². The Bertz CT molecular complexity index is 274. The summed E-state index contributed by atoms with van der Waals surface area (Å²) >= 11 is 0. The van der Waals surface area contributed by atoms with Crippen molar-refractivity contribution in [2.45, 2.75) is 38.6 Å². The molecular formula is C13H22N2O. The number of carbonyl (C=O) groups is 1. The van der Waals surface area contributed by atoms with Gasteiger partial charge >= 0.3 is 0 Å². The van der Waals surface area contributed by atoms with Crippen molar-refractivity contribution in [2.24, 2.45) is 17.8 Å². The number of amides is 1. The molecule has 1 unspecified atom stereocenters. The van der Waals surface area contributed by atoms with Gasteiger partial charge in [0.25, 0.3) is 0 Å². The van der Waals surface area contributed by atoms with Gasteiger partial charge in [0, 0.05) is 25.0 Å². The second kappa shape index (κ2) is 4.02. The van der Waals surface area contributed by atoms with Crippen molar-refractivity contribution in [2.75, 3.05) is 19.6 Å². The first-order valence-electron chi connectivity index (χ1n) is 6.78. The van der Waals surface area contributed by atoms with Crippen LogP contribution >= 0.6 is 0 Å². The molecule has 0 aromatic carbocycles. The second-order valence-electron chi connectivity index (χ2n) is 5.83. The van der Waals surface area contributed by atoms with Gasteiger partial charge in [-0.1, -0.05) is 6.92 Å². The van der Waals surface area contributed by atoms with E-state index in [-0.39, 0.29) is 5.92 Å². The van der Waals surface area contributed by atoms with Gasteiger partial charge in [0.15, 0.2) is 0 Å². The molecule has 1 aliphatic carbocycles. The number of nitrogens with one attached hydrogen (secondary N) is 1. The largest absolute Gasteiger partial charge is 0.341 e. The number of fused-ring (bicyclic) bond motifs is 1. The highest BCUT2D eigenvalue weighted by molar-refractivity contribution is 5.79. The van der Waals surface area contributed by atoms with Gasteiger partial charge in [-0.25, -0.2) is 0 Å². The van der Waals surface area contributed by atoms with E-state index in [1.54, 1.807) is 0 Å². The quantitative estimate of drug-likeness (QED) is 0.762. The first kappa shape index (κ1) is 10.6. The maximum Gasteiger partial charge on any atom is 0.225 e. The summed E-state index contributed by atoms with van der Waals surface area (Å²) in [6, 6.07) is 0.587. The normalized spacial score (nSPS) is 35.9. The number of hydrogen-bond acceptors (Lipinski definition) is 2. The molecule has 2 heterocycles. The predicted molar refractivity (Wildman–Crippen MR) is 63.0 cm³/mol. The van der Waals surface area contributed by atoms with Crippen LogP contribution in [0.2, 0.25) is 0 Å². The molecule has 3 atom stereocenters. The van der Waals surface area contributed by atoms with Crippen LogP contribution in [0.25, 0.3) is 0 Å². The molecule has 0 bridgehead atoms. The Morgan fingerprint density at radius 2 is 2.12 bits per heavy atom. The fraction of sp³-hybridized carbons (Fsp3) is 0.923. The molecule has 3 nitrogen and oxygen atoms in total. The van der Waals surface area contributed by atoms with Crippen LogP contribution in [0.4, 0.5) is 0 Å². The predicted octanol–water partition coefficient (Wildman–Crippen LogP) is 1.24. The molecule has 90 valence electrons. The molecule has 1 amide bonds. The summed E-state index contributed by atoms with van der Waals surface area (Å²) in [4.78, 5) is 14.4. The highest BCUT2D eigenvalue weighted by Crippen LogP contribution is 2.38. The zero-order chi connectivity index (χ0) is 11.1. The zero-order valence-corrected chi connectivity index (χ0v) is 10.1. The van der Waals surface area contributed by atoms with E-state index in [4.69, 9.17) is 0 Å². The van der Waals surface area contributed by atoms with E-state index in [1.165, 1.54) is 25.7 Å². The minimum absolute atomic E-state index is 0.278. The third-order valence-corrected chi connectivity index (χ3v) is 4.63. The SMILES string of the molecule is CC(C(=O)N1C[C@@H]2CCCN[C@@H]2C1)C1CC1. The van der Waals surface area contributed by atoms with Crippen LogP contribution in [0.3, 0.4) is 0 Å². The van der Waals surface area contributed by atoms with Gasteiger partial charge in [0.2, 0.25) is 5.91 Å². The van der Waals surface area contributed by atoms with Gasteiger partial charge in [0.05, 0.1) is 0 Å². The van der Waals surface area contributed by atoms with Crippen LogP contribution in [0, 0.1) is 17.8 Å². The number of rotatable bonds is 2. The fourth-order valence-electron chi connectivity index (χ4n) is 3.31. The summed E-state index contributed by atoms with van der Waals surface area (Å²) < 4.78 is 0. The molecule has 1 N–H and O–H groups in total. The van der Waals surface area contributed by atoms with Crippen molar-refractivity contribution in [3.05, 3.63) is 0 Å². The van der Waals surface area contributed by atoms with Gasteiger partial charge < -0.3 is 10.2 Å². The van der Waals surface area contributed by atoms with Gasteiger partial charge in [-0.2, -0.15) is 0 Å². The first-order valence-corrected chi connectivity index (χ1v) is 6.78. The van der Waals surface area contributed by atoms with E-state index in [0.29, 0.717) is 17.9 Å². The maximum absolute atomic E-state index is 12.3. The molecule has 0 aromatic rings. The number of piperidine rings is 1. The third kappa shape index (κ3) is 1.86. The van der Waals surface area contributed by atoms with Crippen LogP contribution in [0.5, 0.6) is 0 Å². The number of carbonyl (C=O) groups excluding carboxylic acids is 1. The minimum Gasteiger partial charge on any atom is -0.341 e. The van der Waals surface area contributed by atoms with Crippen molar-refractivity contribution in [1.29, 1.82) is 0 Å². The minimum atomic E-state index is 0.278. The molecule has 16 heavy (non-hydrogen) atoms. The molecule has 3 fully saturated rings. The van der Waals surface area contributed by atoms with Gasteiger partial charge in [-0.3, -0.25) is 4.79 Å². The molecule has 2 saturated heterocycles. The van der Waals surface area contributed by atoms with Crippen LogP contribution in [0.1, 0.15) is 32.6 Å². The molecule has 1 saturated carbocycles. The molecule has 3 rings (SSSR count). The van der Waals surface area contributed by atoms with Gasteiger partial charge in [-0.05, 0) is 44.1 Å². The molecule has 0 radical (unpaired) electrons. The molecule has 3 heteroatoms. The van der Waals surface area contributed by atoms with E-state index >= 15 is 0 Å². The lowest BCUT2D eigenvalue weighted by Gasteiger charge is -2.24. The summed E-state index contributed by atoms with van der Waals surface area (Å²) in [7, 11) is 0. The Balaban J connectivity index is 1.61. The number of hydrogen-bond donors (Lipinski definition) is 1. The molecule has 0 spiro atoms. The molecule has 2 aliphatic heterocycles. The van der Waals surface area contributed by atoms with Crippen molar-refractivity contribution in [3.63, 3.8) is 0 Å². The summed E-state index contributed by atoms with van der Waals surface area (Å²) in [6.45, 7) is 5.23. The van der Waals surface area contributed by atoms with E-state index < -0.39 is 0 Å². The average molecular weight is 222 g/mol. The van der Waals surface area contributed by atoms with Crippen LogP contribution in [-0.2, 0) is 4.79 Å². The summed E-state index contributed by atoms with van der Waals surface area (Å²) in [5.74, 6) is 2.12. The third-order valence-electron chi connectivity index (χ3n) is 4.63. The Morgan fingerprint density at radius 1 is 1.31 bits per heavy atom. The average Bonchev–Trinajstić information content (AvgIpc) is 3.06. The summed E-state index contributed by atoms with van der Waals surface area (Å²) in [5.41, 5.74) is 0. The van der Waals surface area contributed by atoms with E-state index in [2.05, 4.69) is 17.1 Å². The number of likely N-dealkylation sites (tertiary alicyclic amines) is 1. The monoisotopic (exact) mass is 222 g/mol. The lowest BCUT2D eigenvalue weighted by molar-refractivity contribution is -0.134. The molecule has 0 aromatic heterocycles. The highest BCUT2D eigenvalue weighted by atomic mass is 16.2. The smallest absolute Gasteiger partial charge is 0.225 e. The fourth-order valence-corrected chi connectivity index (χ4v) is 3.31. The number of nitrogens with zero attached hydrogens (tertiary/aromatic N) is 1. The molecular weight excluding hydrogens is 200 g/mol. The Morgan fingerprint density at radius 3 is 2.81 bits per heavy atom. The lowest BCUT2D eigenvalue weighted by Crippen LogP contribution is -2.41. The van der Waals surface area contributed by atoms with Crippen LogP contribution < -0.4 is 5.32 Å². The van der Waals surface area contributed by atoms with Gasteiger partial charge in [0.1, 0.15) is 0 Å². The van der Waals surface area contributed by atoms with E-state index in [1.807, 2.05) is 0 Å². The Labute approximate surface area is 97.6 Å². The zero-order valence-electron chi connectivity index (χ0n) is 10.1. The van der Waals surface area contributed by atoms with Gasteiger partial charge in [-0.15, -0.1) is 0 Å². The summed E-state index contributed by atoms with van der Waals surface area (Å²) in [5, 5.41) is 3.56. The second-order valence-corrected chi connectivity index (χ2v) is 5.83. The van der Waals surface area contributed by atoms with Crippen LogP contribution in [-0.4, -0.2) is 36.5 Å². The topological polar surface area (TPSA) is 32.3 Å². The van der Waals surface area contributed by atoms with Crippen molar-refractivity contribution < 1.29 is 4.79 Å². The van der Waals surface area contributed by atoms with Crippen molar-refractivity contribution >= 4 is 5.91 Å². The Hall–Kier alpha value is -0.570. The summed E-state index contributed by atoms with van der Waals surface area (Å²) in [6.07, 6.45) is 5.12. The Kier molecular flexibility index (Phi) is 2.66. The lowest BCUT2D eigenvalue weighted by atomic mass is 9.94.